The predicted molar refractivity (Wildman–Crippen MR) is 100 cm³/mol. The number of rotatable bonds is 6. The summed E-state index contributed by atoms with van der Waals surface area (Å²) in [6.07, 6.45) is 1.04. The molecule has 0 aliphatic carbocycles. The van der Waals surface area contributed by atoms with Crippen molar-refractivity contribution in [3.8, 4) is 5.75 Å². The first-order chi connectivity index (χ1) is 11.7. The minimum Gasteiger partial charge on any atom is -0.497 e. The summed E-state index contributed by atoms with van der Waals surface area (Å²) in [6, 6.07) is 11.6. The number of benzene rings is 2. The van der Waals surface area contributed by atoms with Crippen LogP contribution in [0.2, 0.25) is 5.02 Å². The second-order valence-corrected chi connectivity index (χ2v) is 7.79. The lowest BCUT2D eigenvalue weighted by Gasteiger charge is -2.22. The van der Waals surface area contributed by atoms with Crippen LogP contribution in [0, 0.1) is 6.92 Å². The van der Waals surface area contributed by atoms with Gasteiger partial charge in [-0.3, -0.25) is 9.10 Å². The van der Waals surface area contributed by atoms with Crippen LogP contribution in [0.3, 0.4) is 0 Å². The van der Waals surface area contributed by atoms with Crippen molar-refractivity contribution in [2.24, 2.45) is 0 Å². The van der Waals surface area contributed by atoms with E-state index < -0.39 is 15.9 Å². The Morgan fingerprint density at radius 2 is 1.84 bits per heavy atom. The molecule has 0 saturated carbocycles. The Bertz CT molecular complexity index is 867. The Labute approximate surface area is 152 Å². The Morgan fingerprint density at radius 3 is 2.36 bits per heavy atom. The third-order valence-corrected chi connectivity index (χ3v) is 5.05. The fraction of sp³-hybridized carbons (Fsp3) is 0.235. The number of carbonyl (C=O) groups excluding carboxylic acids is 1. The number of carbonyl (C=O) groups is 1. The highest BCUT2D eigenvalue weighted by Crippen LogP contribution is 2.25. The van der Waals surface area contributed by atoms with Gasteiger partial charge < -0.3 is 10.1 Å². The van der Waals surface area contributed by atoms with Gasteiger partial charge in [0.25, 0.3) is 0 Å². The van der Waals surface area contributed by atoms with E-state index in [0.717, 1.165) is 16.1 Å². The fourth-order valence-corrected chi connectivity index (χ4v) is 3.17. The summed E-state index contributed by atoms with van der Waals surface area (Å²) in [7, 11) is -2.11. The number of anilines is 2. The first-order valence-corrected chi connectivity index (χ1v) is 9.61. The molecule has 2 rings (SSSR count). The maximum absolute atomic E-state index is 12.3. The molecular formula is C17H19ClN2O4S. The first kappa shape index (κ1) is 19.1. The van der Waals surface area contributed by atoms with Crippen LogP contribution < -0.4 is 14.4 Å². The number of sulfonamides is 1. The van der Waals surface area contributed by atoms with Crippen LogP contribution in [0.5, 0.6) is 5.75 Å². The lowest BCUT2D eigenvalue weighted by Crippen LogP contribution is -2.37. The average Bonchev–Trinajstić information content (AvgIpc) is 2.55. The van der Waals surface area contributed by atoms with Crippen molar-refractivity contribution in [3.63, 3.8) is 0 Å². The Balaban J connectivity index is 2.18. The van der Waals surface area contributed by atoms with Crippen molar-refractivity contribution < 1.29 is 17.9 Å². The van der Waals surface area contributed by atoms with E-state index in [0.29, 0.717) is 22.1 Å². The number of hydrogen-bond donors (Lipinski definition) is 1. The molecule has 134 valence electrons. The molecule has 0 saturated heterocycles. The fourth-order valence-electron chi connectivity index (χ4n) is 2.14. The van der Waals surface area contributed by atoms with Crippen LogP contribution in [0.15, 0.2) is 42.5 Å². The minimum absolute atomic E-state index is 0.336. The normalized spacial score (nSPS) is 11.0. The summed E-state index contributed by atoms with van der Waals surface area (Å²) >= 11 is 6.07. The van der Waals surface area contributed by atoms with E-state index >= 15 is 0 Å². The highest BCUT2D eigenvalue weighted by molar-refractivity contribution is 7.92. The zero-order chi connectivity index (χ0) is 18.6. The predicted octanol–water partition coefficient (Wildman–Crippen LogP) is 3.06. The molecule has 2 aromatic carbocycles. The number of amides is 1. The molecule has 8 heteroatoms. The van der Waals surface area contributed by atoms with Crippen molar-refractivity contribution in [2.45, 2.75) is 6.92 Å². The van der Waals surface area contributed by atoms with Crippen LogP contribution in [-0.4, -0.2) is 34.2 Å². The number of halogens is 1. The van der Waals surface area contributed by atoms with E-state index in [1.807, 2.05) is 6.92 Å². The minimum atomic E-state index is -3.65. The summed E-state index contributed by atoms with van der Waals surface area (Å²) in [4.78, 5) is 12.3. The first-order valence-electron chi connectivity index (χ1n) is 7.38. The maximum Gasteiger partial charge on any atom is 0.245 e. The van der Waals surface area contributed by atoms with Gasteiger partial charge in [-0.05, 0) is 48.9 Å². The second-order valence-electron chi connectivity index (χ2n) is 5.48. The zero-order valence-corrected chi connectivity index (χ0v) is 15.7. The van der Waals surface area contributed by atoms with Gasteiger partial charge in [-0.1, -0.05) is 17.7 Å². The molecule has 0 bridgehead atoms. The van der Waals surface area contributed by atoms with Crippen molar-refractivity contribution in [1.82, 2.24) is 0 Å². The lowest BCUT2D eigenvalue weighted by molar-refractivity contribution is -0.114. The van der Waals surface area contributed by atoms with Crippen molar-refractivity contribution in [1.29, 1.82) is 0 Å². The smallest absolute Gasteiger partial charge is 0.245 e. The number of nitrogens with one attached hydrogen (secondary N) is 1. The summed E-state index contributed by atoms with van der Waals surface area (Å²) in [5.41, 5.74) is 1.70. The Kier molecular flexibility index (Phi) is 5.92. The maximum atomic E-state index is 12.3. The largest absolute Gasteiger partial charge is 0.497 e. The van der Waals surface area contributed by atoms with Crippen molar-refractivity contribution in [2.75, 3.05) is 29.5 Å². The monoisotopic (exact) mass is 382 g/mol. The molecule has 0 fully saturated rings. The quantitative estimate of drug-likeness (QED) is 0.833. The SMILES string of the molecule is COc1ccc(NC(=O)CN(c2ccc(C)c(Cl)c2)S(C)(=O)=O)cc1. The summed E-state index contributed by atoms with van der Waals surface area (Å²) < 4.78 is 30.2. The zero-order valence-electron chi connectivity index (χ0n) is 14.1. The molecule has 0 unspecified atom stereocenters. The van der Waals surface area contributed by atoms with Gasteiger partial charge in [-0.2, -0.15) is 0 Å². The molecule has 2 aromatic rings. The van der Waals surface area contributed by atoms with E-state index in [1.54, 1.807) is 43.5 Å². The standard InChI is InChI=1S/C17H19ClN2O4S/c1-12-4-7-14(10-16(12)18)20(25(3,22)23)11-17(21)19-13-5-8-15(24-2)9-6-13/h4-10H,11H2,1-3H3,(H,19,21). The Hall–Kier alpha value is -2.25. The molecular weight excluding hydrogens is 364 g/mol. The van der Waals surface area contributed by atoms with Crippen molar-refractivity contribution >= 4 is 38.9 Å². The molecule has 0 aliphatic rings. The molecule has 0 aliphatic heterocycles. The molecule has 0 spiro atoms. The molecule has 0 heterocycles. The van der Waals surface area contributed by atoms with Crippen LogP contribution in [0.4, 0.5) is 11.4 Å². The number of hydrogen-bond acceptors (Lipinski definition) is 4. The number of aryl methyl sites for hydroxylation is 1. The highest BCUT2D eigenvalue weighted by Gasteiger charge is 2.21. The van der Waals surface area contributed by atoms with Crippen LogP contribution >= 0.6 is 11.6 Å². The van der Waals surface area contributed by atoms with Gasteiger partial charge in [0.15, 0.2) is 0 Å². The summed E-state index contributed by atoms with van der Waals surface area (Å²) in [6.45, 7) is 1.46. The molecule has 0 radical (unpaired) electrons. The third-order valence-electron chi connectivity index (χ3n) is 3.50. The topological polar surface area (TPSA) is 75.7 Å². The number of ether oxygens (including phenoxy) is 1. The van der Waals surface area contributed by atoms with Gasteiger partial charge in [0.2, 0.25) is 15.9 Å². The third kappa shape index (κ3) is 5.11. The van der Waals surface area contributed by atoms with Crippen LogP contribution in [0.25, 0.3) is 0 Å². The van der Waals surface area contributed by atoms with Gasteiger partial charge in [-0.15, -0.1) is 0 Å². The molecule has 0 aromatic heterocycles. The Morgan fingerprint density at radius 1 is 1.20 bits per heavy atom. The van der Waals surface area contributed by atoms with E-state index in [2.05, 4.69) is 5.32 Å². The second kappa shape index (κ2) is 7.76. The van der Waals surface area contributed by atoms with Gasteiger partial charge in [0.1, 0.15) is 12.3 Å². The average molecular weight is 383 g/mol. The lowest BCUT2D eigenvalue weighted by atomic mass is 10.2. The van der Waals surface area contributed by atoms with E-state index in [9.17, 15) is 13.2 Å². The molecule has 25 heavy (non-hydrogen) atoms. The molecule has 1 amide bonds. The van der Waals surface area contributed by atoms with Gasteiger partial charge in [-0.25, -0.2) is 8.42 Å². The highest BCUT2D eigenvalue weighted by atomic mass is 35.5. The van der Waals surface area contributed by atoms with Gasteiger partial charge >= 0.3 is 0 Å². The van der Waals surface area contributed by atoms with E-state index in [-0.39, 0.29) is 6.54 Å². The number of nitrogens with zero attached hydrogens (tertiary/aromatic N) is 1. The van der Waals surface area contributed by atoms with Gasteiger partial charge in [0, 0.05) is 10.7 Å². The molecule has 1 N–H and O–H groups in total. The molecule has 6 nitrogen and oxygen atoms in total. The van der Waals surface area contributed by atoms with Crippen molar-refractivity contribution in [3.05, 3.63) is 53.1 Å². The van der Waals surface area contributed by atoms with Gasteiger partial charge in [0.05, 0.1) is 19.1 Å². The van der Waals surface area contributed by atoms with E-state index in [4.69, 9.17) is 16.3 Å². The molecule has 0 atom stereocenters. The summed E-state index contributed by atoms with van der Waals surface area (Å²) in [5, 5.41) is 3.09. The van der Waals surface area contributed by atoms with Crippen LogP contribution in [0.1, 0.15) is 5.56 Å². The van der Waals surface area contributed by atoms with Crippen LogP contribution in [-0.2, 0) is 14.8 Å². The number of methoxy groups -OCH3 is 1. The van der Waals surface area contributed by atoms with E-state index in [1.165, 1.54) is 6.07 Å². The summed E-state index contributed by atoms with van der Waals surface area (Å²) in [5.74, 6) is 0.192.